The van der Waals surface area contributed by atoms with Crippen molar-refractivity contribution in [3.8, 4) is 0 Å². The Balaban J connectivity index is 1.91. The van der Waals surface area contributed by atoms with Crippen LogP contribution in [0.25, 0.3) is 0 Å². The summed E-state index contributed by atoms with van der Waals surface area (Å²) < 4.78 is 19.4. The van der Waals surface area contributed by atoms with Gasteiger partial charge in [-0.15, -0.1) is 0 Å². The van der Waals surface area contributed by atoms with Crippen molar-refractivity contribution in [3.05, 3.63) is 29.6 Å². The molecule has 4 heteroatoms. The lowest BCUT2D eigenvalue weighted by atomic mass is 10.0. The van der Waals surface area contributed by atoms with Crippen LogP contribution < -0.4 is 10.6 Å². The molecule has 1 aromatic carbocycles. The standard InChI is InChI=1S/C16H23FN2O/c1-11(18)9-12-10-13(17)5-6-14(12)19-7-8-20-16-4-2-3-15(16)19/h5-6,10-11,15-16H,2-4,7-9,18H2,1H3. The lowest BCUT2D eigenvalue weighted by Crippen LogP contribution is -2.49. The monoisotopic (exact) mass is 278 g/mol. The van der Waals surface area contributed by atoms with Crippen molar-refractivity contribution >= 4 is 5.69 Å². The van der Waals surface area contributed by atoms with E-state index in [9.17, 15) is 4.39 Å². The van der Waals surface area contributed by atoms with Crippen LogP contribution in [0.2, 0.25) is 0 Å². The third-order valence-corrected chi connectivity index (χ3v) is 4.37. The van der Waals surface area contributed by atoms with Crippen molar-refractivity contribution in [1.29, 1.82) is 0 Å². The van der Waals surface area contributed by atoms with Crippen LogP contribution in [0.4, 0.5) is 10.1 Å². The Morgan fingerprint density at radius 2 is 2.30 bits per heavy atom. The van der Waals surface area contributed by atoms with Crippen LogP contribution in [0.5, 0.6) is 0 Å². The third kappa shape index (κ3) is 2.67. The third-order valence-electron chi connectivity index (χ3n) is 4.37. The maximum absolute atomic E-state index is 13.5. The quantitative estimate of drug-likeness (QED) is 0.923. The molecule has 3 atom stereocenters. The van der Waals surface area contributed by atoms with E-state index in [0.717, 1.165) is 30.8 Å². The molecule has 2 N–H and O–H groups in total. The number of nitrogens with zero attached hydrogens (tertiary/aromatic N) is 1. The second-order valence-electron chi connectivity index (χ2n) is 6.06. The van der Waals surface area contributed by atoms with Gasteiger partial charge in [0.15, 0.2) is 0 Å². The number of nitrogens with two attached hydrogens (primary N) is 1. The van der Waals surface area contributed by atoms with Crippen LogP contribution in [-0.4, -0.2) is 31.3 Å². The highest BCUT2D eigenvalue weighted by Crippen LogP contribution is 2.35. The summed E-state index contributed by atoms with van der Waals surface area (Å²) in [6.45, 7) is 3.61. The molecule has 1 saturated carbocycles. The fourth-order valence-corrected chi connectivity index (χ4v) is 3.57. The van der Waals surface area contributed by atoms with Crippen molar-refractivity contribution in [2.45, 2.75) is 50.8 Å². The van der Waals surface area contributed by atoms with E-state index in [1.807, 2.05) is 13.0 Å². The Bertz CT molecular complexity index is 478. The molecular formula is C16H23FN2O. The number of halogens is 1. The van der Waals surface area contributed by atoms with Crippen molar-refractivity contribution in [2.24, 2.45) is 5.73 Å². The molecule has 2 aliphatic rings. The summed E-state index contributed by atoms with van der Waals surface area (Å²) in [6, 6.07) is 5.59. The Labute approximate surface area is 119 Å². The summed E-state index contributed by atoms with van der Waals surface area (Å²) in [4.78, 5) is 2.42. The first kappa shape index (κ1) is 13.8. The molecule has 2 fully saturated rings. The Morgan fingerprint density at radius 3 is 3.10 bits per heavy atom. The van der Waals surface area contributed by atoms with E-state index in [4.69, 9.17) is 10.5 Å². The molecule has 0 amide bonds. The van der Waals surface area contributed by atoms with E-state index in [-0.39, 0.29) is 11.9 Å². The molecule has 0 bridgehead atoms. The van der Waals surface area contributed by atoms with Gasteiger partial charge in [-0.25, -0.2) is 4.39 Å². The van der Waals surface area contributed by atoms with Gasteiger partial charge in [0.2, 0.25) is 0 Å². The van der Waals surface area contributed by atoms with Crippen molar-refractivity contribution in [3.63, 3.8) is 0 Å². The molecule has 3 unspecified atom stereocenters. The number of hydrogen-bond donors (Lipinski definition) is 1. The normalized spacial score (nSPS) is 27.4. The summed E-state index contributed by atoms with van der Waals surface area (Å²) in [7, 11) is 0. The molecule has 3 rings (SSSR count). The second kappa shape index (κ2) is 5.70. The molecule has 0 spiro atoms. The number of rotatable bonds is 3. The van der Waals surface area contributed by atoms with Gasteiger partial charge in [0.1, 0.15) is 5.82 Å². The smallest absolute Gasteiger partial charge is 0.123 e. The van der Waals surface area contributed by atoms with E-state index in [1.54, 1.807) is 12.1 Å². The molecular weight excluding hydrogens is 255 g/mol. The highest BCUT2D eigenvalue weighted by atomic mass is 19.1. The molecule has 1 aromatic rings. The zero-order chi connectivity index (χ0) is 14.1. The number of hydrogen-bond acceptors (Lipinski definition) is 3. The SMILES string of the molecule is CC(N)Cc1cc(F)ccc1N1CCOC2CCCC21. The fourth-order valence-electron chi connectivity index (χ4n) is 3.57. The molecule has 0 aromatic heterocycles. The summed E-state index contributed by atoms with van der Waals surface area (Å²) >= 11 is 0. The average molecular weight is 278 g/mol. The molecule has 1 saturated heterocycles. The van der Waals surface area contributed by atoms with Gasteiger partial charge in [0.25, 0.3) is 0 Å². The topological polar surface area (TPSA) is 38.5 Å². The Hall–Kier alpha value is -1.13. The Morgan fingerprint density at radius 1 is 1.45 bits per heavy atom. The van der Waals surface area contributed by atoms with Crippen molar-refractivity contribution in [1.82, 2.24) is 0 Å². The summed E-state index contributed by atoms with van der Waals surface area (Å²) in [5.74, 6) is -0.180. The van der Waals surface area contributed by atoms with Gasteiger partial charge in [-0.3, -0.25) is 0 Å². The van der Waals surface area contributed by atoms with Crippen molar-refractivity contribution in [2.75, 3.05) is 18.1 Å². The zero-order valence-corrected chi connectivity index (χ0v) is 12.0. The highest BCUT2D eigenvalue weighted by molar-refractivity contribution is 5.55. The van der Waals surface area contributed by atoms with Gasteiger partial charge in [0, 0.05) is 18.3 Å². The minimum absolute atomic E-state index is 0.0379. The van der Waals surface area contributed by atoms with E-state index < -0.39 is 0 Å². The molecule has 1 aliphatic heterocycles. The molecule has 3 nitrogen and oxygen atoms in total. The maximum atomic E-state index is 13.5. The predicted molar refractivity (Wildman–Crippen MR) is 78.5 cm³/mol. The Kier molecular flexibility index (Phi) is 3.94. The first-order valence-corrected chi connectivity index (χ1v) is 7.57. The van der Waals surface area contributed by atoms with Crippen LogP contribution in [-0.2, 0) is 11.2 Å². The average Bonchev–Trinajstić information content (AvgIpc) is 2.86. The maximum Gasteiger partial charge on any atom is 0.123 e. The number of ether oxygens (including phenoxy) is 1. The lowest BCUT2D eigenvalue weighted by molar-refractivity contribution is 0.0256. The first-order valence-electron chi connectivity index (χ1n) is 7.57. The number of fused-ring (bicyclic) bond motifs is 1. The molecule has 1 aliphatic carbocycles. The second-order valence-corrected chi connectivity index (χ2v) is 6.06. The summed E-state index contributed by atoms with van der Waals surface area (Å²) in [6.07, 6.45) is 4.58. The van der Waals surface area contributed by atoms with Crippen LogP contribution in [0.1, 0.15) is 31.7 Å². The molecule has 1 heterocycles. The fraction of sp³-hybridized carbons (Fsp3) is 0.625. The van der Waals surface area contributed by atoms with E-state index in [1.165, 1.54) is 12.8 Å². The van der Waals surface area contributed by atoms with Crippen LogP contribution in [0, 0.1) is 5.82 Å². The van der Waals surface area contributed by atoms with Crippen LogP contribution in [0.15, 0.2) is 18.2 Å². The van der Waals surface area contributed by atoms with Gasteiger partial charge < -0.3 is 15.4 Å². The number of anilines is 1. The van der Waals surface area contributed by atoms with E-state index in [2.05, 4.69) is 4.90 Å². The predicted octanol–water partition coefficient (Wildman–Crippen LogP) is 2.47. The lowest BCUT2D eigenvalue weighted by Gasteiger charge is -2.40. The minimum Gasteiger partial charge on any atom is -0.374 e. The largest absolute Gasteiger partial charge is 0.374 e. The molecule has 20 heavy (non-hydrogen) atoms. The molecule has 110 valence electrons. The van der Waals surface area contributed by atoms with Crippen molar-refractivity contribution < 1.29 is 9.13 Å². The summed E-state index contributed by atoms with van der Waals surface area (Å²) in [5.41, 5.74) is 8.08. The van der Waals surface area contributed by atoms with Gasteiger partial charge >= 0.3 is 0 Å². The molecule has 0 radical (unpaired) electrons. The van der Waals surface area contributed by atoms with Crippen LogP contribution >= 0.6 is 0 Å². The van der Waals surface area contributed by atoms with Gasteiger partial charge in [-0.05, 0) is 56.4 Å². The van der Waals surface area contributed by atoms with E-state index >= 15 is 0 Å². The van der Waals surface area contributed by atoms with Gasteiger partial charge in [-0.1, -0.05) is 0 Å². The number of benzene rings is 1. The minimum atomic E-state index is -0.180. The van der Waals surface area contributed by atoms with Crippen LogP contribution in [0.3, 0.4) is 0 Å². The van der Waals surface area contributed by atoms with Gasteiger partial charge in [0.05, 0.1) is 18.8 Å². The van der Waals surface area contributed by atoms with Gasteiger partial charge in [-0.2, -0.15) is 0 Å². The zero-order valence-electron chi connectivity index (χ0n) is 12.0. The van der Waals surface area contributed by atoms with E-state index in [0.29, 0.717) is 18.6 Å². The highest BCUT2D eigenvalue weighted by Gasteiger charge is 2.36. The number of morpholine rings is 1. The first-order chi connectivity index (χ1) is 9.65. The summed E-state index contributed by atoms with van der Waals surface area (Å²) in [5, 5.41) is 0.